The molecule has 1 aromatic carbocycles. The number of benzene rings is 1. The van der Waals surface area contributed by atoms with Crippen molar-refractivity contribution in [2.24, 2.45) is 5.92 Å². The lowest BCUT2D eigenvalue weighted by atomic mass is 10.0. The van der Waals surface area contributed by atoms with E-state index in [1.165, 1.54) is 0 Å². The van der Waals surface area contributed by atoms with E-state index in [1.54, 1.807) is 30.0 Å². The van der Waals surface area contributed by atoms with Crippen LogP contribution >= 0.6 is 27.5 Å². The van der Waals surface area contributed by atoms with Gasteiger partial charge in [-0.25, -0.2) is 0 Å². The molecule has 1 fully saturated rings. The molecule has 1 N–H and O–H groups in total. The van der Waals surface area contributed by atoms with Crippen LogP contribution in [0, 0.1) is 5.92 Å². The largest absolute Gasteiger partial charge is 0.481 e. The summed E-state index contributed by atoms with van der Waals surface area (Å²) in [5.41, 5.74) is 0.478. The molecule has 6 heteroatoms. The maximum Gasteiger partial charge on any atom is 0.308 e. The number of likely N-dealkylation sites (tertiary alicyclic amines) is 1. The van der Waals surface area contributed by atoms with Gasteiger partial charge in [-0.05, 0) is 47.5 Å². The fourth-order valence-electron chi connectivity index (χ4n) is 2.35. The molecule has 4 nitrogen and oxygen atoms in total. The molecule has 19 heavy (non-hydrogen) atoms. The minimum absolute atomic E-state index is 0.175. The van der Waals surface area contributed by atoms with Crippen molar-refractivity contribution in [3.8, 4) is 0 Å². The van der Waals surface area contributed by atoms with Crippen LogP contribution in [0.2, 0.25) is 5.02 Å². The number of carboxylic acid groups (broad SMARTS) is 1. The normalized spacial score (nSPS) is 22.6. The zero-order chi connectivity index (χ0) is 14.2. The Kier molecular flexibility index (Phi) is 4.16. The number of hydrogen-bond acceptors (Lipinski definition) is 2. The monoisotopic (exact) mass is 345 g/mol. The van der Waals surface area contributed by atoms with Gasteiger partial charge in [0.25, 0.3) is 5.91 Å². The maximum absolute atomic E-state index is 12.3. The third-order valence-corrected chi connectivity index (χ3v) is 4.73. The number of aliphatic carboxylic acids is 1. The highest BCUT2D eigenvalue weighted by Gasteiger charge is 2.38. The van der Waals surface area contributed by atoms with Gasteiger partial charge in [-0.2, -0.15) is 0 Å². The van der Waals surface area contributed by atoms with E-state index in [2.05, 4.69) is 15.9 Å². The van der Waals surface area contributed by atoms with Crippen LogP contribution in [-0.2, 0) is 4.79 Å². The van der Waals surface area contributed by atoms with Crippen molar-refractivity contribution in [1.82, 2.24) is 4.90 Å². The molecule has 0 bridgehead atoms. The van der Waals surface area contributed by atoms with Gasteiger partial charge < -0.3 is 10.0 Å². The van der Waals surface area contributed by atoms with Crippen molar-refractivity contribution >= 4 is 39.4 Å². The molecule has 0 aliphatic carbocycles. The van der Waals surface area contributed by atoms with E-state index in [9.17, 15) is 9.59 Å². The van der Waals surface area contributed by atoms with E-state index < -0.39 is 11.9 Å². The van der Waals surface area contributed by atoms with Crippen LogP contribution in [0.4, 0.5) is 0 Å². The molecular weight excluding hydrogens is 334 g/mol. The second-order valence-electron chi connectivity index (χ2n) is 4.60. The van der Waals surface area contributed by atoms with Crippen LogP contribution < -0.4 is 0 Å². The average Bonchev–Trinajstić information content (AvgIpc) is 2.74. The smallest absolute Gasteiger partial charge is 0.308 e. The van der Waals surface area contributed by atoms with Gasteiger partial charge in [-0.3, -0.25) is 9.59 Å². The third kappa shape index (κ3) is 2.77. The van der Waals surface area contributed by atoms with E-state index in [-0.39, 0.29) is 11.9 Å². The third-order valence-electron chi connectivity index (χ3n) is 3.50. The Bertz CT molecular complexity index is 535. The van der Waals surface area contributed by atoms with Crippen molar-refractivity contribution in [2.45, 2.75) is 19.4 Å². The Morgan fingerprint density at radius 3 is 2.68 bits per heavy atom. The first kappa shape index (κ1) is 14.3. The molecule has 0 spiro atoms. The maximum atomic E-state index is 12.3. The summed E-state index contributed by atoms with van der Waals surface area (Å²) < 4.78 is 0.726. The van der Waals surface area contributed by atoms with Crippen LogP contribution in [0.3, 0.4) is 0 Å². The zero-order valence-corrected chi connectivity index (χ0v) is 12.6. The minimum Gasteiger partial charge on any atom is -0.481 e. The number of rotatable bonds is 2. The first-order valence-electron chi connectivity index (χ1n) is 5.90. The number of nitrogens with zero attached hydrogens (tertiary/aromatic N) is 1. The summed E-state index contributed by atoms with van der Waals surface area (Å²) in [4.78, 5) is 25.0. The molecule has 1 amide bonds. The summed E-state index contributed by atoms with van der Waals surface area (Å²) in [7, 11) is 0. The molecule has 1 aliphatic heterocycles. The predicted octanol–water partition coefficient (Wildman–Crippen LogP) is 3.04. The highest BCUT2D eigenvalue weighted by Crippen LogP contribution is 2.28. The van der Waals surface area contributed by atoms with Gasteiger partial charge in [0, 0.05) is 22.6 Å². The molecule has 2 unspecified atom stereocenters. The molecule has 1 heterocycles. The first-order chi connectivity index (χ1) is 8.91. The Balaban J connectivity index is 2.21. The van der Waals surface area contributed by atoms with E-state index in [0.29, 0.717) is 23.6 Å². The van der Waals surface area contributed by atoms with Gasteiger partial charge >= 0.3 is 5.97 Å². The van der Waals surface area contributed by atoms with Gasteiger partial charge in [0.15, 0.2) is 0 Å². The number of carbonyl (C=O) groups is 2. The highest BCUT2D eigenvalue weighted by molar-refractivity contribution is 9.10. The molecule has 102 valence electrons. The predicted molar refractivity (Wildman–Crippen MR) is 75.4 cm³/mol. The van der Waals surface area contributed by atoms with Crippen LogP contribution in [-0.4, -0.2) is 34.5 Å². The SMILES string of the molecule is CC1C(C(=O)O)CCN1C(=O)c1ccc(Br)c(Cl)c1. The summed E-state index contributed by atoms with van der Waals surface area (Å²) >= 11 is 9.24. The first-order valence-corrected chi connectivity index (χ1v) is 7.07. The molecule has 1 saturated heterocycles. The number of carbonyl (C=O) groups excluding carboxylic acids is 1. The van der Waals surface area contributed by atoms with Crippen molar-refractivity contribution in [1.29, 1.82) is 0 Å². The number of halogens is 2. The van der Waals surface area contributed by atoms with Crippen LogP contribution in [0.1, 0.15) is 23.7 Å². The molecule has 1 aromatic rings. The molecule has 0 radical (unpaired) electrons. The Labute approximate surface area is 124 Å². The fraction of sp³-hybridized carbons (Fsp3) is 0.385. The summed E-state index contributed by atoms with van der Waals surface area (Å²) in [6, 6.07) is 4.69. The summed E-state index contributed by atoms with van der Waals surface area (Å²) in [5.74, 6) is -1.52. The Morgan fingerprint density at radius 2 is 2.16 bits per heavy atom. The van der Waals surface area contributed by atoms with Gasteiger partial charge in [0.05, 0.1) is 10.9 Å². The second kappa shape index (κ2) is 5.51. The van der Waals surface area contributed by atoms with Crippen molar-refractivity contribution < 1.29 is 14.7 Å². The van der Waals surface area contributed by atoms with Gasteiger partial charge in [-0.15, -0.1) is 0 Å². The molecule has 0 saturated carbocycles. The molecule has 0 aromatic heterocycles. The number of hydrogen-bond donors (Lipinski definition) is 1. The Morgan fingerprint density at radius 1 is 1.47 bits per heavy atom. The van der Waals surface area contributed by atoms with Crippen molar-refractivity contribution in [3.63, 3.8) is 0 Å². The van der Waals surface area contributed by atoms with Crippen LogP contribution in [0.25, 0.3) is 0 Å². The lowest BCUT2D eigenvalue weighted by molar-refractivity contribution is -0.142. The standard InChI is InChI=1S/C13H13BrClNO3/c1-7-9(13(18)19)4-5-16(7)12(17)8-2-3-10(14)11(15)6-8/h2-3,6-7,9H,4-5H2,1H3,(H,18,19). The molecule has 2 rings (SSSR count). The zero-order valence-electron chi connectivity index (χ0n) is 10.3. The Hall–Kier alpha value is -1.07. The lowest BCUT2D eigenvalue weighted by Crippen LogP contribution is -2.37. The van der Waals surface area contributed by atoms with Gasteiger partial charge in [-0.1, -0.05) is 11.6 Å². The average molecular weight is 347 g/mol. The summed E-state index contributed by atoms with van der Waals surface area (Å²) in [5, 5.41) is 9.53. The van der Waals surface area contributed by atoms with Gasteiger partial charge in [0.2, 0.25) is 0 Å². The number of carboxylic acids is 1. The molecule has 1 aliphatic rings. The van der Waals surface area contributed by atoms with E-state index in [0.717, 1.165) is 4.47 Å². The fourth-order valence-corrected chi connectivity index (χ4v) is 2.78. The second-order valence-corrected chi connectivity index (χ2v) is 5.86. The van der Waals surface area contributed by atoms with Crippen LogP contribution in [0.5, 0.6) is 0 Å². The van der Waals surface area contributed by atoms with Crippen molar-refractivity contribution in [3.05, 3.63) is 33.3 Å². The quantitative estimate of drug-likeness (QED) is 0.895. The highest BCUT2D eigenvalue weighted by atomic mass is 79.9. The minimum atomic E-state index is -0.850. The molecule has 2 atom stereocenters. The van der Waals surface area contributed by atoms with E-state index >= 15 is 0 Å². The number of amides is 1. The van der Waals surface area contributed by atoms with Gasteiger partial charge in [0.1, 0.15) is 0 Å². The summed E-state index contributed by atoms with van der Waals surface area (Å²) in [6.07, 6.45) is 0.493. The van der Waals surface area contributed by atoms with E-state index in [1.807, 2.05) is 0 Å². The molecular formula is C13H13BrClNO3. The topological polar surface area (TPSA) is 57.6 Å². The summed E-state index contributed by atoms with van der Waals surface area (Å²) in [6.45, 7) is 2.23. The lowest BCUT2D eigenvalue weighted by Gasteiger charge is -2.23. The van der Waals surface area contributed by atoms with E-state index in [4.69, 9.17) is 16.7 Å². The van der Waals surface area contributed by atoms with Crippen LogP contribution in [0.15, 0.2) is 22.7 Å². The van der Waals surface area contributed by atoms with Crippen molar-refractivity contribution in [2.75, 3.05) is 6.54 Å².